The topological polar surface area (TPSA) is 79.7 Å². The van der Waals surface area contributed by atoms with Crippen LogP contribution in [0, 0.1) is 3.57 Å². The number of aliphatic hydroxyl groups excluding tert-OH is 1. The van der Waals surface area contributed by atoms with Crippen LogP contribution in [-0.2, 0) is 16.1 Å². The number of hydrogen-bond acceptors (Lipinski definition) is 5. The molecule has 1 unspecified atom stereocenters. The molecule has 0 radical (unpaired) electrons. The first-order valence-corrected chi connectivity index (χ1v) is 11.7. The van der Waals surface area contributed by atoms with Crippen molar-refractivity contribution in [3.63, 3.8) is 0 Å². The van der Waals surface area contributed by atoms with Crippen LogP contribution in [0.2, 0.25) is 0 Å². The highest BCUT2D eigenvalue weighted by atomic mass is 127. The first-order chi connectivity index (χ1) is 16.0. The summed E-state index contributed by atoms with van der Waals surface area (Å²) in [7, 11) is 0. The molecule has 168 valence electrons. The van der Waals surface area contributed by atoms with Gasteiger partial charge in [-0.2, -0.15) is 0 Å². The molecular formula is C26H23IN2O4. The average molecular weight is 554 g/mol. The molecule has 1 aliphatic heterocycles. The Morgan fingerprint density at radius 1 is 1.09 bits per heavy atom. The Morgan fingerprint density at radius 2 is 1.82 bits per heavy atom. The van der Waals surface area contributed by atoms with Gasteiger partial charge in [0, 0.05) is 28.1 Å². The van der Waals surface area contributed by atoms with E-state index in [0.717, 1.165) is 21.1 Å². The minimum Gasteiger partial charge on any atom is -0.507 e. The van der Waals surface area contributed by atoms with Crippen LogP contribution in [0.1, 0.15) is 36.1 Å². The Kier molecular flexibility index (Phi) is 7.08. The fraction of sp³-hybridized carbons (Fsp3) is 0.192. The fourth-order valence-corrected chi connectivity index (χ4v) is 4.19. The van der Waals surface area contributed by atoms with Gasteiger partial charge in [-0.3, -0.25) is 14.6 Å². The molecule has 2 aromatic carbocycles. The van der Waals surface area contributed by atoms with E-state index in [1.54, 1.807) is 48.8 Å². The average Bonchev–Trinajstić information content (AvgIpc) is 3.08. The third-order valence-corrected chi connectivity index (χ3v) is 6.13. The molecule has 2 heterocycles. The summed E-state index contributed by atoms with van der Waals surface area (Å²) in [6.07, 6.45) is 4.14. The lowest BCUT2D eigenvalue weighted by Gasteiger charge is -2.25. The maximum atomic E-state index is 13.2. The number of pyridine rings is 1. The highest BCUT2D eigenvalue weighted by Crippen LogP contribution is 2.40. The number of nitrogens with zero attached hydrogens (tertiary/aromatic N) is 2. The van der Waals surface area contributed by atoms with Gasteiger partial charge in [0.25, 0.3) is 11.7 Å². The van der Waals surface area contributed by atoms with Crippen molar-refractivity contribution in [2.24, 2.45) is 0 Å². The summed E-state index contributed by atoms with van der Waals surface area (Å²) in [5.41, 5.74) is 2.10. The number of halogens is 1. The van der Waals surface area contributed by atoms with Crippen LogP contribution in [-0.4, -0.2) is 33.3 Å². The van der Waals surface area contributed by atoms with E-state index in [9.17, 15) is 14.7 Å². The van der Waals surface area contributed by atoms with Crippen molar-refractivity contribution in [3.05, 3.63) is 98.9 Å². The predicted octanol–water partition coefficient (Wildman–Crippen LogP) is 5.10. The van der Waals surface area contributed by atoms with Crippen molar-refractivity contribution in [1.29, 1.82) is 0 Å². The van der Waals surface area contributed by atoms with Crippen LogP contribution in [0.15, 0.2) is 78.6 Å². The van der Waals surface area contributed by atoms with E-state index in [4.69, 9.17) is 4.74 Å². The zero-order valence-corrected chi connectivity index (χ0v) is 20.2. The van der Waals surface area contributed by atoms with Gasteiger partial charge in [0.2, 0.25) is 0 Å². The first kappa shape index (κ1) is 23.0. The summed E-state index contributed by atoms with van der Waals surface area (Å²) >= 11 is 2.20. The maximum absolute atomic E-state index is 13.2. The Labute approximate surface area is 206 Å². The second-order valence-electron chi connectivity index (χ2n) is 7.71. The van der Waals surface area contributed by atoms with Gasteiger partial charge in [-0.1, -0.05) is 31.2 Å². The SMILES string of the molecule is CCCOc1cccc(/C(O)=C2\C(=O)C(=O)N(Cc3ccncc3)C2c2ccc(I)cc2)c1. The maximum Gasteiger partial charge on any atom is 0.295 e. The van der Waals surface area contributed by atoms with Gasteiger partial charge in [-0.25, -0.2) is 0 Å². The summed E-state index contributed by atoms with van der Waals surface area (Å²) in [6, 6.07) is 17.4. The number of rotatable bonds is 7. The van der Waals surface area contributed by atoms with Crippen LogP contribution in [0.4, 0.5) is 0 Å². The molecule has 0 aliphatic carbocycles. The molecule has 1 amide bonds. The van der Waals surface area contributed by atoms with Gasteiger partial charge in [0.15, 0.2) is 0 Å². The van der Waals surface area contributed by atoms with Crippen LogP contribution >= 0.6 is 22.6 Å². The van der Waals surface area contributed by atoms with Gasteiger partial charge >= 0.3 is 0 Å². The summed E-state index contributed by atoms with van der Waals surface area (Å²) in [5, 5.41) is 11.2. The van der Waals surface area contributed by atoms with Crippen LogP contribution in [0.5, 0.6) is 5.75 Å². The van der Waals surface area contributed by atoms with Crippen molar-refractivity contribution in [1.82, 2.24) is 9.88 Å². The third kappa shape index (κ3) is 4.93. The molecule has 33 heavy (non-hydrogen) atoms. The number of aliphatic hydroxyl groups is 1. The van der Waals surface area contributed by atoms with Crippen molar-refractivity contribution in [2.75, 3.05) is 6.61 Å². The molecule has 4 rings (SSSR count). The van der Waals surface area contributed by atoms with Crippen molar-refractivity contribution in [3.8, 4) is 5.75 Å². The molecule has 1 aliphatic rings. The van der Waals surface area contributed by atoms with E-state index in [2.05, 4.69) is 27.6 Å². The van der Waals surface area contributed by atoms with E-state index in [1.807, 2.05) is 31.2 Å². The van der Waals surface area contributed by atoms with Gasteiger partial charge in [-0.05, 0) is 76.5 Å². The molecule has 0 spiro atoms. The number of amides is 1. The number of carbonyl (C=O) groups is 2. The smallest absolute Gasteiger partial charge is 0.295 e. The highest BCUT2D eigenvalue weighted by molar-refractivity contribution is 14.1. The minimum atomic E-state index is -0.713. The number of hydrogen-bond donors (Lipinski definition) is 1. The quantitative estimate of drug-likeness (QED) is 0.190. The number of Topliss-reactive ketones (excluding diaryl/α,β-unsaturated/α-hetero) is 1. The van der Waals surface area contributed by atoms with E-state index in [0.29, 0.717) is 17.9 Å². The lowest BCUT2D eigenvalue weighted by atomic mass is 9.95. The van der Waals surface area contributed by atoms with Crippen LogP contribution in [0.25, 0.3) is 5.76 Å². The second-order valence-corrected chi connectivity index (χ2v) is 8.96. The molecular weight excluding hydrogens is 531 g/mol. The molecule has 1 saturated heterocycles. The standard InChI is InChI=1S/C26H23IN2O4/c1-2-14-33-21-5-3-4-19(15-21)24(30)22-23(18-6-8-20(27)9-7-18)29(26(32)25(22)31)16-17-10-12-28-13-11-17/h3-13,15,23,30H,2,14,16H2,1H3/b24-22+. The van der Waals surface area contributed by atoms with E-state index in [1.165, 1.54) is 4.90 Å². The fourth-order valence-electron chi connectivity index (χ4n) is 3.83. The molecule has 0 bridgehead atoms. The lowest BCUT2D eigenvalue weighted by Crippen LogP contribution is -2.29. The normalized spacial score (nSPS) is 17.4. The summed E-state index contributed by atoms with van der Waals surface area (Å²) in [6.45, 7) is 2.78. The van der Waals surface area contributed by atoms with E-state index < -0.39 is 17.7 Å². The molecule has 1 fully saturated rings. The number of ether oxygens (including phenoxy) is 1. The molecule has 3 aromatic rings. The molecule has 1 N–H and O–H groups in total. The van der Waals surface area contributed by atoms with Gasteiger partial charge in [0.05, 0.1) is 18.2 Å². The predicted molar refractivity (Wildman–Crippen MR) is 133 cm³/mol. The van der Waals surface area contributed by atoms with Crippen molar-refractivity contribution in [2.45, 2.75) is 25.9 Å². The molecule has 1 aromatic heterocycles. The van der Waals surface area contributed by atoms with Crippen LogP contribution in [0.3, 0.4) is 0 Å². The minimum absolute atomic E-state index is 0.0721. The summed E-state index contributed by atoms with van der Waals surface area (Å²) in [4.78, 5) is 31.8. The number of benzene rings is 2. The molecule has 1 atom stereocenters. The number of carbonyl (C=O) groups excluding carboxylic acids is 2. The second kappa shape index (κ2) is 10.2. The van der Waals surface area contributed by atoms with Crippen LogP contribution < -0.4 is 4.74 Å². The van der Waals surface area contributed by atoms with Gasteiger partial charge < -0.3 is 14.7 Å². The molecule has 7 heteroatoms. The third-order valence-electron chi connectivity index (χ3n) is 5.41. The summed E-state index contributed by atoms with van der Waals surface area (Å²) < 4.78 is 6.71. The summed E-state index contributed by atoms with van der Waals surface area (Å²) in [5.74, 6) is -0.964. The first-order valence-electron chi connectivity index (χ1n) is 10.7. The monoisotopic (exact) mass is 554 g/mol. The molecule has 0 saturated carbocycles. The Balaban J connectivity index is 1.81. The van der Waals surface area contributed by atoms with E-state index in [-0.39, 0.29) is 17.9 Å². The van der Waals surface area contributed by atoms with Crippen molar-refractivity contribution < 1.29 is 19.4 Å². The largest absolute Gasteiger partial charge is 0.507 e. The number of aromatic nitrogens is 1. The molecule has 6 nitrogen and oxygen atoms in total. The van der Waals surface area contributed by atoms with Gasteiger partial charge in [-0.15, -0.1) is 0 Å². The number of likely N-dealkylation sites (tertiary alicyclic amines) is 1. The zero-order valence-electron chi connectivity index (χ0n) is 18.1. The van der Waals surface area contributed by atoms with Gasteiger partial charge in [0.1, 0.15) is 11.5 Å². The Bertz CT molecular complexity index is 1190. The Hall–Kier alpha value is -3.20. The number of ketones is 1. The zero-order chi connectivity index (χ0) is 23.4. The lowest BCUT2D eigenvalue weighted by molar-refractivity contribution is -0.140. The highest BCUT2D eigenvalue weighted by Gasteiger charge is 2.46. The van der Waals surface area contributed by atoms with Crippen molar-refractivity contribution >= 4 is 40.0 Å². The van der Waals surface area contributed by atoms with E-state index >= 15 is 0 Å². The Morgan fingerprint density at radius 3 is 2.52 bits per heavy atom.